The SMILES string of the molecule is O=C(Nc1cc(S(=O)(=O)N2CCOCC2)ccc1Oc1ccc(F)cc1)C1CC2CCC1C2. The Bertz CT molecular complexity index is 1130. The molecule has 1 aliphatic heterocycles. The van der Waals surface area contributed by atoms with Gasteiger partial charge >= 0.3 is 0 Å². The highest BCUT2D eigenvalue weighted by Crippen LogP contribution is 2.49. The van der Waals surface area contributed by atoms with Crippen LogP contribution in [0.15, 0.2) is 47.4 Å². The Kier molecular flexibility index (Phi) is 6.11. The third-order valence-electron chi connectivity index (χ3n) is 6.93. The summed E-state index contributed by atoms with van der Waals surface area (Å²) in [4.78, 5) is 13.2. The molecule has 2 saturated carbocycles. The number of fused-ring (bicyclic) bond motifs is 2. The number of ether oxygens (including phenoxy) is 2. The van der Waals surface area contributed by atoms with Crippen molar-refractivity contribution >= 4 is 21.6 Å². The molecule has 0 aromatic heterocycles. The minimum absolute atomic E-state index is 0.0677. The van der Waals surface area contributed by atoms with Crippen molar-refractivity contribution in [2.75, 3.05) is 31.6 Å². The largest absolute Gasteiger partial charge is 0.455 e. The Labute approximate surface area is 192 Å². The molecule has 1 heterocycles. The van der Waals surface area contributed by atoms with E-state index >= 15 is 0 Å². The van der Waals surface area contributed by atoms with Crippen LogP contribution < -0.4 is 10.1 Å². The third-order valence-corrected chi connectivity index (χ3v) is 8.83. The van der Waals surface area contributed by atoms with E-state index in [-0.39, 0.29) is 35.6 Å². The minimum Gasteiger partial charge on any atom is -0.455 e. The average Bonchev–Trinajstić information content (AvgIpc) is 3.46. The van der Waals surface area contributed by atoms with E-state index in [4.69, 9.17) is 9.47 Å². The van der Waals surface area contributed by atoms with E-state index in [1.54, 1.807) is 0 Å². The van der Waals surface area contributed by atoms with Crippen LogP contribution in [0.4, 0.5) is 10.1 Å². The maximum Gasteiger partial charge on any atom is 0.243 e. The Morgan fingerprint density at radius 3 is 2.48 bits per heavy atom. The fourth-order valence-electron chi connectivity index (χ4n) is 5.21. The predicted octanol–water partition coefficient (Wildman–Crippen LogP) is 4.01. The van der Waals surface area contributed by atoms with Gasteiger partial charge in [0.15, 0.2) is 5.75 Å². The quantitative estimate of drug-likeness (QED) is 0.684. The first-order valence-electron chi connectivity index (χ1n) is 11.4. The zero-order valence-corrected chi connectivity index (χ0v) is 19.0. The average molecular weight is 475 g/mol. The highest BCUT2D eigenvalue weighted by Gasteiger charge is 2.43. The summed E-state index contributed by atoms with van der Waals surface area (Å²) in [6.07, 6.45) is 4.20. The summed E-state index contributed by atoms with van der Waals surface area (Å²) in [5, 5.41) is 2.94. The summed E-state index contributed by atoms with van der Waals surface area (Å²) in [5.41, 5.74) is 0.293. The number of carbonyl (C=O) groups is 1. The zero-order chi connectivity index (χ0) is 23.0. The van der Waals surface area contributed by atoms with Gasteiger partial charge in [0.1, 0.15) is 11.6 Å². The van der Waals surface area contributed by atoms with Crippen LogP contribution in [-0.2, 0) is 19.6 Å². The molecular weight excluding hydrogens is 447 g/mol. The van der Waals surface area contributed by atoms with E-state index in [9.17, 15) is 17.6 Å². The van der Waals surface area contributed by atoms with Crippen molar-refractivity contribution in [2.45, 2.75) is 30.6 Å². The summed E-state index contributed by atoms with van der Waals surface area (Å²) < 4.78 is 52.2. The molecule has 1 saturated heterocycles. The van der Waals surface area contributed by atoms with Crippen LogP contribution >= 0.6 is 0 Å². The number of benzene rings is 2. The predicted molar refractivity (Wildman–Crippen MR) is 120 cm³/mol. The van der Waals surface area contributed by atoms with Gasteiger partial charge in [-0.15, -0.1) is 0 Å². The molecule has 2 bridgehead atoms. The summed E-state index contributed by atoms with van der Waals surface area (Å²) in [6, 6.07) is 9.98. The van der Waals surface area contributed by atoms with Gasteiger partial charge in [-0.25, -0.2) is 12.8 Å². The zero-order valence-electron chi connectivity index (χ0n) is 18.2. The molecule has 3 atom stereocenters. The second-order valence-electron chi connectivity index (χ2n) is 9.00. The number of hydrogen-bond donors (Lipinski definition) is 1. The number of amides is 1. The lowest BCUT2D eigenvalue weighted by atomic mass is 9.88. The number of hydrogen-bond acceptors (Lipinski definition) is 5. The lowest BCUT2D eigenvalue weighted by molar-refractivity contribution is -0.121. The highest BCUT2D eigenvalue weighted by molar-refractivity contribution is 7.89. The van der Waals surface area contributed by atoms with E-state index in [1.165, 1.54) is 53.2 Å². The van der Waals surface area contributed by atoms with Crippen molar-refractivity contribution in [2.24, 2.45) is 17.8 Å². The standard InChI is InChI=1S/C24H27FN2O5S/c25-18-3-5-19(6-4-18)32-23-8-7-20(33(29,30)27-9-11-31-12-10-27)15-22(23)26-24(28)21-14-16-1-2-17(21)13-16/h3-8,15-17,21H,1-2,9-14H2,(H,26,28). The summed E-state index contributed by atoms with van der Waals surface area (Å²) >= 11 is 0. The summed E-state index contributed by atoms with van der Waals surface area (Å²) in [5.74, 6) is 1.12. The first-order valence-corrected chi connectivity index (χ1v) is 12.8. The maximum atomic E-state index is 13.3. The van der Waals surface area contributed by atoms with Crippen LogP contribution in [0.25, 0.3) is 0 Å². The Morgan fingerprint density at radius 1 is 1.06 bits per heavy atom. The molecule has 1 amide bonds. The van der Waals surface area contributed by atoms with Crippen molar-refractivity contribution in [3.05, 3.63) is 48.3 Å². The van der Waals surface area contributed by atoms with Crippen molar-refractivity contribution in [3.8, 4) is 11.5 Å². The smallest absolute Gasteiger partial charge is 0.243 e. The molecule has 3 fully saturated rings. The molecule has 7 nitrogen and oxygen atoms in total. The second kappa shape index (κ2) is 9.04. The van der Waals surface area contributed by atoms with Gasteiger partial charge < -0.3 is 14.8 Å². The van der Waals surface area contributed by atoms with Gasteiger partial charge in [-0.1, -0.05) is 6.42 Å². The van der Waals surface area contributed by atoms with Crippen LogP contribution in [0.2, 0.25) is 0 Å². The lowest BCUT2D eigenvalue weighted by Gasteiger charge is -2.26. The molecule has 1 N–H and O–H groups in total. The molecule has 2 aliphatic carbocycles. The number of halogens is 1. The monoisotopic (exact) mass is 474 g/mol. The Balaban J connectivity index is 1.44. The fourth-order valence-corrected chi connectivity index (χ4v) is 6.65. The summed E-state index contributed by atoms with van der Waals surface area (Å²) in [6.45, 7) is 1.25. The Hall–Kier alpha value is -2.49. The summed E-state index contributed by atoms with van der Waals surface area (Å²) in [7, 11) is -3.75. The molecule has 3 aliphatic rings. The van der Waals surface area contributed by atoms with Gasteiger partial charge in [0.05, 0.1) is 23.8 Å². The van der Waals surface area contributed by atoms with Crippen molar-refractivity contribution in [1.82, 2.24) is 4.31 Å². The van der Waals surface area contributed by atoms with Gasteiger partial charge in [-0.2, -0.15) is 4.31 Å². The first kappa shape index (κ1) is 22.3. The van der Waals surface area contributed by atoms with Crippen LogP contribution in [-0.4, -0.2) is 44.9 Å². The molecule has 33 heavy (non-hydrogen) atoms. The maximum absolute atomic E-state index is 13.3. The molecule has 176 valence electrons. The Morgan fingerprint density at radius 2 is 1.82 bits per heavy atom. The molecule has 0 radical (unpaired) electrons. The van der Waals surface area contributed by atoms with Gasteiger partial charge in [-0.05, 0) is 73.6 Å². The first-order chi connectivity index (χ1) is 15.9. The second-order valence-corrected chi connectivity index (χ2v) is 10.9. The normalized spacial score (nSPS) is 25.2. The van der Waals surface area contributed by atoms with Crippen molar-refractivity contribution < 1.29 is 27.1 Å². The number of morpholine rings is 1. The van der Waals surface area contributed by atoms with E-state index in [2.05, 4.69) is 5.32 Å². The number of nitrogens with one attached hydrogen (secondary N) is 1. The lowest BCUT2D eigenvalue weighted by Crippen LogP contribution is -2.40. The molecule has 5 rings (SSSR count). The number of rotatable bonds is 6. The van der Waals surface area contributed by atoms with E-state index in [1.807, 2.05) is 0 Å². The van der Waals surface area contributed by atoms with E-state index in [0.717, 1.165) is 19.3 Å². The molecular formula is C24H27FN2O5S. The topological polar surface area (TPSA) is 84.9 Å². The van der Waals surface area contributed by atoms with Crippen molar-refractivity contribution in [1.29, 1.82) is 0 Å². The van der Waals surface area contributed by atoms with E-state index < -0.39 is 10.0 Å². The number of nitrogens with zero attached hydrogens (tertiary/aromatic N) is 1. The van der Waals surface area contributed by atoms with Gasteiger partial charge in [0.2, 0.25) is 15.9 Å². The van der Waals surface area contributed by atoms with Crippen LogP contribution in [0.5, 0.6) is 11.5 Å². The van der Waals surface area contributed by atoms with E-state index in [0.29, 0.717) is 42.2 Å². The number of sulfonamides is 1. The molecule has 0 spiro atoms. The highest BCUT2D eigenvalue weighted by atomic mass is 32.2. The number of carbonyl (C=O) groups excluding carboxylic acids is 1. The van der Waals surface area contributed by atoms with Gasteiger partial charge in [-0.3, -0.25) is 4.79 Å². The molecule has 2 aromatic carbocycles. The minimum atomic E-state index is -3.75. The fraction of sp³-hybridized carbons (Fsp3) is 0.458. The molecule has 2 aromatic rings. The third kappa shape index (κ3) is 4.62. The van der Waals surface area contributed by atoms with Crippen molar-refractivity contribution in [3.63, 3.8) is 0 Å². The molecule has 9 heteroatoms. The van der Waals surface area contributed by atoms with Crippen LogP contribution in [0.3, 0.4) is 0 Å². The van der Waals surface area contributed by atoms with Gasteiger partial charge in [0.25, 0.3) is 0 Å². The van der Waals surface area contributed by atoms with Crippen LogP contribution in [0.1, 0.15) is 25.7 Å². The number of anilines is 1. The van der Waals surface area contributed by atoms with Gasteiger partial charge in [0, 0.05) is 19.0 Å². The molecule has 3 unspecified atom stereocenters. The van der Waals surface area contributed by atoms with Crippen LogP contribution in [0, 0.1) is 23.6 Å².